The van der Waals surface area contributed by atoms with Gasteiger partial charge < -0.3 is 10.6 Å². The predicted octanol–water partition coefficient (Wildman–Crippen LogP) is 3.59. The molecule has 1 heterocycles. The molecule has 2 unspecified atom stereocenters. The van der Waals surface area contributed by atoms with Crippen LogP contribution < -0.4 is 5.73 Å². The molecule has 1 aromatic rings. The highest BCUT2D eigenvalue weighted by atomic mass is 15.1. The molecule has 1 saturated heterocycles. The molecule has 0 radical (unpaired) electrons. The lowest BCUT2D eigenvalue weighted by molar-refractivity contribution is 0.168. The average molecular weight is 260 g/mol. The van der Waals surface area contributed by atoms with Crippen molar-refractivity contribution in [1.82, 2.24) is 4.90 Å². The summed E-state index contributed by atoms with van der Waals surface area (Å²) in [5.41, 5.74) is 7.52. The van der Waals surface area contributed by atoms with Gasteiger partial charge in [-0.05, 0) is 50.3 Å². The Labute approximate surface area is 118 Å². The SMILES string of the molecule is CCC1CCCN(CCCC(N)c2ccccc2)C1. The Morgan fingerprint density at radius 2 is 2.11 bits per heavy atom. The van der Waals surface area contributed by atoms with E-state index in [9.17, 15) is 0 Å². The van der Waals surface area contributed by atoms with Crippen LogP contribution >= 0.6 is 0 Å². The molecule has 0 aliphatic carbocycles. The summed E-state index contributed by atoms with van der Waals surface area (Å²) in [7, 11) is 0. The number of hydrogen-bond acceptors (Lipinski definition) is 2. The number of nitrogens with zero attached hydrogens (tertiary/aromatic N) is 1. The van der Waals surface area contributed by atoms with Crippen LogP contribution in [0.15, 0.2) is 30.3 Å². The molecule has 2 atom stereocenters. The van der Waals surface area contributed by atoms with Gasteiger partial charge in [0.1, 0.15) is 0 Å². The first-order valence-corrected chi connectivity index (χ1v) is 7.82. The molecule has 2 N–H and O–H groups in total. The molecule has 1 aromatic carbocycles. The van der Waals surface area contributed by atoms with Gasteiger partial charge in [-0.1, -0.05) is 43.7 Å². The van der Waals surface area contributed by atoms with E-state index in [4.69, 9.17) is 5.73 Å². The number of hydrogen-bond donors (Lipinski definition) is 1. The normalized spacial score (nSPS) is 22.3. The molecular weight excluding hydrogens is 232 g/mol. The van der Waals surface area contributed by atoms with Gasteiger partial charge in [-0.25, -0.2) is 0 Å². The molecule has 2 nitrogen and oxygen atoms in total. The summed E-state index contributed by atoms with van der Waals surface area (Å²) in [5.74, 6) is 0.927. The molecule has 0 spiro atoms. The standard InChI is InChI=1S/C17H28N2/c1-2-15-8-6-12-19(14-15)13-7-11-17(18)16-9-4-3-5-10-16/h3-5,9-10,15,17H,2,6-8,11-14,18H2,1H3. The third kappa shape index (κ3) is 4.63. The van der Waals surface area contributed by atoms with Crippen molar-refractivity contribution in [2.75, 3.05) is 19.6 Å². The van der Waals surface area contributed by atoms with Crippen LogP contribution in [-0.4, -0.2) is 24.5 Å². The van der Waals surface area contributed by atoms with E-state index >= 15 is 0 Å². The van der Waals surface area contributed by atoms with Crippen LogP contribution in [0, 0.1) is 5.92 Å². The van der Waals surface area contributed by atoms with E-state index in [1.807, 2.05) is 0 Å². The van der Waals surface area contributed by atoms with Gasteiger partial charge in [-0.3, -0.25) is 0 Å². The Balaban J connectivity index is 1.69. The molecule has 0 bridgehead atoms. The molecule has 2 heteroatoms. The molecular formula is C17H28N2. The van der Waals surface area contributed by atoms with Gasteiger partial charge in [-0.15, -0.1) is 0 Å². The summed E-state index contributed by atoms with van der Waals surface area (Å²) in [6, 6.07) is 10.7. The van der Waals surface area contributed by atoms with Crippen molar-refractivity contribution in [1.29, 1.82) is 0 Å². The topological polar surface area (TPSA) is 29.3 Å². The minimum atomic E-state index is 0.202. The number of benzene rings is 1. The second kappa shape index (κ2) is 7.66. The fourth-order valence-corrected chi connectivity index (χ4v) is 3.09. The number of likely N-dealkylation sites (tertiary alicyclic amines) is 1. The van der Waals surface area contributed by atoms with Gasteiger partial charge in [0.05, 0.1) is 0 Å². The molecule has 106 valence electrons. The molecule has 1 aliphatic rings. The first kappa shape index (κ1) is 14.5. The van der Waals surface area contributed by atoms with Gasteiger partial charge in [0, 0.05) is 12.6 Å². The molecule has 0 aromatic heterocycles. The van der Waals surface area contributed by atoms with Crippen LogP contribution in [-0.2, 0) is 0 Å². The summed E-state index contributed by atoms with van der Waals surface area (Å²) >= 11 is 0. The fraction of sp³-hybridized carbons (Fsp3) is 0.647. The third-order valence-electron chi connectivity index (χ3n) is 4.40. The monoisotopic (exact) mass is 260 g/mol. The molecule has 0 amide bonds. The fourth-order valence-electron chi connectivity index (χ4n) is 3.09. The maximum Gasteiger partial charge on any atom is 0.0295 e. The van der Waals surface area contributed by atoms with E-state index in [0.717, 1.165) is 12.3 Å². The van der Waals surface area contributed by atoms with E-state index in [1.54, 1.807) is 0 Å². The summed E-state index contributed by atoms with van der Waals surface area (Å²) < 4.78 is 0. The van der Waals surface area contributed by atoms with Crippen molar-refractivity contribution < 1.29 is 0 Å². The van der Waals surface area contributed by atoms with E-state index in [2.05, 4.69) is 42.2 Å². The van der Waals surface area contributed by atoms with Crippen molar-refractivity contribution in [2.45, 2.75) is 45.1 Å². The largest absolute Gasteiger partial charge is 0.324 e. The van der Waals surface area contributed by atoms with E-state index in [1.165, 1.54) is 50.9 Å². The van der Waals surface area contributed by atoms with Crippen LogP contribution in [0.5, 0.6) is 0 Å². The highest BCUT2D eigenvalue weighted by molar-refractivity contribution is 5.18. The predicted molar refractivity (Wildman–Crippen MR) is 82.1 cm³/mol. The Morgan fingerprint density at radius 1 is 1.32 bits per heavy atom. The summed E-state index contributed by atoms with van der Waals surface area (Å²) in [5, 5.41) is 0. The van der Waals surface area contributed by atoms with Crippen LogP contribution in [0.3, 0.4) is 0 Å². The van der Waals surface area contributed by atoms with Crippen LogP contribution in [0.4, 0.5) is 0 Å². The Kier molecular flexibility index (Phi) is 5.87. The molecule has 1 aliphatic heterocycles. The van der Waals surface area contributed by atoms with Crippen molar-refractivity contribution in [3.63, 3.8) is 0 Å². The molecule has 2 rings (SSSR count). The van der Waals surface area contributed by atoms with Crippen molar-refractivity contribution in [3.05, 3.63) is 35.9 Å². The van der Waals surface area contributed by atoms with Crippen molar-refractivity contribution >= 4 is 0 Å². The van der Waals surface area contributed by atoms with E-state index in [0.29, 0.717) is 0 Å². The number of piperidine rings is 1. The van der Waals surface area contributed by atoms with Crippen LogP contribution in [0.25, 0.3) is 0 Å². The van der Waals surface area contributed by atoms with E-state index in [-0.39, 0.29) is 6.04 Å². The Hall–Kier alpha value is -0.860. The van der Waals surface area contributed by atoms with Gasteiger partial charge in [0.25, 0.3) is 0 Å². The second-order valence-electron chi connectivity index (χ2n) is 5.88. The maximum atomic E-state index is 6.25. The summed E-state index contributed by atoms with van der Waals surface area (Å²) in [4.78, 5) is 2.63. The Bertz CT molecular complexity index is 350. The van der Waals surface area contributed by atoms with Gasteiger partial charge in [-0.2, -0.15) is 0 Å². The zero-order valence-electron chi connectivity index (χ0n) is 12.2. The van der Waals surface area contributed by atoms with Crippen LogP contribution in [0.2, 0.25) is 0 Å². The first-order chi connectivity index (χ1) is 9.29. The average Bonchev–Trinajstić information content (AvgIpc) is 2.48. The van der Waals surface area contributed by atoms with E-state index < -0.39 is 0 Å². The highest BCUT2D eigenvalue weighted by Gasteiger charge is 2.18. The minimum Gasteiger partial charge on any atom is -0.324 e. The number of nitrogens with two attached hydrogens (primary N) is 1. The van der Waals surface area contributed by atoms with Gasteiger partial charge >= 0.3 is 0 Å². The lowest BCUT2D eigenvalue weighted by Gasteiger charge is -2.32. The number of rotatable bonds is 6. The first-order valence-electron chi connectivity index (χ1n) is 7.82. The van der Waals surface area contributed by atoms with Crippen molar-refractivity contribution in [2.24, 2.45) is 11.7 Å². The van der Waals surface area contributed by atoms with Crippen molar-refractivity contribution in [3.8, 4) is 0 Å². The lowest BCUT2D eigenvalue weighted by Crippen LogP contribution is -2.36. The van der Waals surface area contributed by atoms with Crippen LogP contribution in [0.1, 0.15) is 50.6 Å². The highest BCUT2D eigenvalue weighted by Crippen LogP contribution is 2.20. The Morgan fingerprint density at radius 3 is 2.84 bits per heavy atom. The maximum absolute atomic E-state index is 6.25. The smallest absolute Gasteiger partial charge is 0.0295 e. The molecule has 0 saturated carbocycles. The quantitative estimate of drug-likeness (QED) is 0.847. The van der Waals surface area contributed by atoms with Gasteiger partial charge in [0.15, 0.2) is 0 Å². The summed E-state index contributed by atoms with van der Waals surface area (Å²) in [6.45, 7) is 6.13. The summed E-state index contributed by atoms with van der Waals surface area (Å²) in [6.07, 6.45) is 6.45. The third-order valence-corrected chi connectivity index (χ3v) is 4.40. The molecule has 1 fully saturated rings. The minimum absolute atomic E-state index is 0.202. The zero-order valence-corrected chi connectivity index (χ0v) is 12.2. The molecule has 19 heavy (non-hydrogen) atoms. The second-order valence-corrected chi connectivity index (χ2v) is 5.88. The lowest BCUT2D eigenvalue weighted by atomic mass is 9.95. The zero-order chi connectivity index (χ0) is 13.5. The van der Waals surface area contributed by atoms with Gasteiger partial charge in [0.2, 0.25) is 0 Å².